The molecule has 0 spiro atoms. The lowest BCUT2D eigenvalue weighted by Crippen LogP contribution is -1.97. The van der Waals surface area contributed by atoms with Gasteiger partial charge in [-0.05, 0) is 11.6 Å². The number of benzene rings is 1. The number of nitriles is 1. The van der Waals surface area contributed by atoms with E-state index in [4.69, 9.17) is 5.26 Å². The van der Waals surface area contributed by atoms with Gasteiger partial charge in [0.2, 0.25) is 0 Å². The minimum Gasteiger partial charge on any atom is -0.245 e. The third-order valence-electron chi connectivity index (χ3n) is 2.31. The minimum atomic E-state index is 0.0112. The second-order valence-electron chi connectivity index (χ2n) is 3.33. The van der Waals surface area contributed by atoms with E-state index in [0.717, 1.165) is 11.1 Å². The Morgan fingerprint density at radius 2 is 1.88 bits per heavy atom. The van der Waals surface area contributed by atoms with E-state index in [0.29, 0.717) is 5.69 Å². The zero-order chi connectivity index (χ0) is 11.4. The molecule has 1 heterocycles. The lowest BCUT2D eigenvalue weighted by atomic mass is 10.0. The first kappa shape index (κ1) is 10.8. The molecule has 0 aliphatic carbocycles. The van der Waals surface area contributed by atoms with Crippen LogP contribution in [0.5, 0.6) is 0 Å². The molecule has 1 atom stereocenters. The third-order valence-corrected chi connectivity index (χ3v) is 3.33. The van der Waals surface area contributed by atoms with Crippen molar-refractivity contribution in [2.45, 2.75) is 4.83 Å². The molecular formula is C13H9BrN2. The van der Waals surface area contributed by atoms with Crippen molar-refractivity contribution < 1.29 is 0 Å². The molecule has 2 nitrogen and oxygen atoms in total. The molecule has 0 bridgehead atoms. The highest BCUT2D eigenvalue weighted by Crippen LogP contribution is 2.31. The normalized spacial score (nSPS) is 11.8. The van der Waals surface area contributed by atoms with E-state index in [1.807, 2.05) is 42.5 Å². The summed E-state index contributed by atoms with van der Waals surface area (Å²) in [6.07, 6.45) is 1.63. The largest absolute Gasteiger partial charge is 0.245 e. The smallest absolute Gasteiger partial charge is 0.145 e. The van der Waals surface area contributed by atoms with Crippen LogP contribution in [0.1, 0.15) is 21.6 Å². The Hall–Kier alpha value is -1.66. The van der Waals surface area contributed by atoms with Gasteiger partial charge in [0.1, 0.15) is 11.8 Å². The summed E-state index contributed by atoms with van der Waals surface area (Å²) in [5, 5.41) is 8.98. The van der Waals surface area contributed by atoms with Crippen molar-refractivity contribution in [3.63, 3.8) is 0 Å². The first-order chi connectivity index (χ1) is 7.83. The molecule has 0 aliphatic heterocycles. The van der Waals surface area contributed by atoms with E-state index in [-0.39, 0.29) is 4.83 Å². The van der Waals surface area contributed by atoms with Crippen LogP contribution in [0, 0.1) is 11.3 Å². The van der Waals surface area contributed by atoms with Crippen molar-refractivity contribution in [2.24, 2.45) is 0 Å². The van der Waals surface area contributed by atoms with Crippen LogP contribution in [0.2, 0.25) is 0 Å². The van der Waals surface area contributed by atoms with E-state index in [1.165, 1.54) is 0 Å². The molecule has 0 amide bonds. The van der Waals surface area contributed by atoms with Gasteiger partial charge in [-0.3, -0.25) is 0 Å². The standard InChI is InChI=1S/C13H9BrN2/c14-13(10-5-2-1-3-6-10)11-7-4-8-16-12(11)9-15/h1-8,13H. The first-order valence-electron chi connectivity index (χ1n) is 4.87. The summed E-state index contributed by atoms with van der Waals surface area (Å²) in [7, 11) is 0. The van der Waals surface area contributed by atoms with E-state index in [1.54, 1.807) is 6.20 Å². The number of nitrogens with zero attached hydrogens (tertiary/aromatic N) is 2. The molecule has 78 valence electrons. The van der Waals surface area contributed by atoms with E-state index >= 15 is 0 Å². The predicted octanol–water partition coefficient (Wildman–Crippen LogP) is 3.44. The summed E-state index contributed by atoms with van der Waals surface area (Å²) < 4.78 is 0. The molecular weight excluding hydrogens is 264 g/mol. The molecule has 0 saturated heterocycles. The zero-order valence-corrected chi connectivity index (χ0v) is 10.1. The van der Waals surface area contributed by atoms with Gasteiger partial charge in [0, 0.05) is 11.8 Å². The Kier molecular flexibility index (Phi) is 3.33. The van der Waals surface area contributed by atoms with Crippen molar-refractivity contribution in [2.75, 3.05) is 0 Å². The van der Waals surface area contributed by atoms with Crippen molar-refractivity contribution in [1.82, 2.24) is 4.98 Å². The van der Waals surface area contributed by atoms with Gasteiger partial charge in [0.25, 0.3) is 0 Å². The Morgan fingerprint density at radius 3 is 2.56 bits per heavy atom. The first-order valence-corrected chi connectivity index (χ1v) is 5.78. The quantitative estimate of drug-likeness (QED) is 0.786. The van der Waals surface area contributed by atoms with Gasteiger partial charge < -0.3 is 0 Å². The number of hydrogen-bond acceptors (Lipinski definition) is 2. The SMILES string of the molecule is N#Cc1ncccc1C(Br)c1ccccc1. The number of aromatic nitrogens is 1. The van der Waals surface area contributed by atoms with Gasteiger partial charge in [0.15, 0.2) is 0 Å². The molecule has 0 saturated carbocycles. The van der Waals surface area contributed by atoms with Gasteiger partial charge >= 0.3 is 0 Å². The van der Waals surface area contributed by atoms with Crippen molar-refractivity contribution in [1.29, 1.82) is 5.26 Å². The van der Waals surface area contributed by atoms with Crippen LogP contribution in [0.15, 0.2) is 48.7 Å². The minimum absolute atomic E-state index is 0.0112. The van der Waals surface area contributed by atoms with Crippen LogP contribution in [0.3, 0.4) is 0 Å². The number of pyridine rings is 1. The molecule has 1 aromatic heterocycles. The number of rotatable bonds is 2. The van der Waals surface area contributed by atoms with Crippen LogP contribution in [-0.2, 0) is 0 Å². The fourth-order valence-electron chi connectivity index (χ4n) is 1.52. The molecule has 2 aromatic rings. The highest BCUT2D eigenvalue weighted by molar-refractivity contribution is 9.09. The second kappa shape index (κ2) is 4.91. The van der Waals surface area contributed by atoms with Crippen LogP contribution in [0.25, 0.3) is 0 Å². The topological polar surface area (TPSA) is 36.7 Å². The summed E-state index contributed by atoms with van der Waals surface area (Å²) in [5.41, 5.74) is 2.48. The zero-order valence-electron chi connectivity index (χ0n) is 8.47. The molecule has 0 aliphatic rings. The number of halogens is 1. The number of alkyl halides is 1. The molecule has 2 rings (SSSR count). The van der Waals surface area contributed by atoms with E-state index in [2.05, 4.69) is 27.0 Å². The predicted molar refractivity (Wildman–Crippen MR) is 66.2 cm³/mol. The fraction of sp³-hybridized carbons (Fsp3) is 0.0769. The van der Waals surface area contributed by atoms with Crippen LogP contribution in [-0.4, -0.2) is 4.98 Å². The van der Waals surface area contributed by atoms with Crippen LogP contribution in [0.4, 0.5) is 0 Å². The maximum atomic E-state index is 8.98. The highest BCUT2D eigenvalue weighted by Gasteiger charge is 2.14. The molecule has 0 radical (unpaired) electrons. The summed E-state index contributed by atoms with van der Waals surface area (Å²) in [4.78, 5) is 4.06. The summed E-state index contributed by atoms with van der Waals surface area (Å²) in [6.45, 7) is 0. The Balaban J connectivity index is 2.42. The second-order valence-corrected chi connectivity index (χ2v) is 4.24. The van der Waals surface area contributed by atoms with Crippen molar-refractivity contribution in [3.8, 4) is 6.07 Å². The summed E-state index contributed by atoms with van der Waals surface area (Å²) >= 11 is 3.59. The van der Waals surface area contributed by atoms with E-state index in [9.17, 15) is 0 Å². The average Bonchev–Trinajstić information content (AvgIpc) is 2.39. The maximum Gasteiger partial charge on any atom is 0.145 e. The Bertz CT molecular complexity index is 517. The summed E-state index contributed by atoms with van der Waals surface area (Å²) in [6, 6.07) is 15.8. The lowest BCUT2D eigenvalue weighted by molar-refractivity contribution is 1.11. The lowest BCUT2D eigenvalue weighted by Gasteiger charge is -2.11. The fourth-order valence-corrected chi connectivity index (χ4v) is 2.19. The molecule has 1 unspecified atom stereocenters. The maximum absolute atomic E-state index is 8.98. The van der Waals surface area contributed by atoms with Gasteiger partial charge in [-0.1, -0.05) is 52.3 Å². The molecule has 3 heteroatoms. The van der Waals surface area contributed by atoms with Crippen LogP contribution < -0.4 is 0 Å². The van der Waals surface area contributed by atoms with Gasteiger partial charge in [-0.15, -0.1) is 0 Å². The third kappa shape index (κ3) is 2.12. The number of hydrogen-bond donors (Lipinski definition) is 0. The molecule has 0 fully saturated rings. The van der Waals surface area contributed by atoms with Crippen LogP contribution >= 0.6 is 15.9 Å². The van der Waals surface area contributed by atoms with Gasteiger partial charge in [-0.2, -0.15) is 5.26 Å². The average molecular weight is 273 g/mol. The Labute approximate surface area is 103 Å². The highest BCUT2D eigenvalue weighted by atomic mass is 79.9. The van der Waals surface area contributed by atoms with E-state index < -0.39 is 0 Å². The molecule has 0 N–H and O–H groups in total. The molecule has 1 aromatic carbocycles. The van der Waals surface area contributed by atoms with Crippen molar-refractivity contribution in [3.05, 3.63) is 65.5 Å². The summed E-state index contributed by atoms with van der Waals surface area (Å²) in [5.74, 6) is 0. The van der Waals surface area contributed by atoms with Gasteiger partial charge in [-0.25, -0.2) is 4.98 Å². The van der Waals surface area contributed by atoms with Gasteiger partial charge in [0.05, 0.1) is 4.83 Å². The van der Waals surface area contributed by atoms with Crippen molar-refractivity contribution >= 4 is 15.9 Å². The molecule has 16 heavy (non-hydrogen) atoms. The Morgan fingerprint density at radius 1 is 1.12 bits per heavy atom. The monoisotopic (exact) mass is 272 g/mol.